The molecule has 0 radical (unpaired) electrons. The highest BCUT2D eigenvalue weighted by Gasteiger charge is 2.16. The van der Waals surface area contributed by atoms with Crippen molar-refractivity contribution in [3.8, 4) is 11.4 Å². The molecule has 0 spiro atoms. The van der Waals surface area contributed by atoms with Gasteiger partial charge in [-0.1, -0.05) is 6.42 Å². The number of halogens is 1. The molecule has 3 rings (SSSR count). The summed E-state index contributed by atoms with van der Waals surface area (Å²) in [5.41, 5.74) is 3.24. The molecule has 1 N–H and O–H groups in total. The fraction of sp³-hybridized carbons (Fsp3) is 0.375. The normalized spacial score (nSPS) is 14.5. The summed E-state index contributed by atoms with van der Waals surface area (Å²) in [4.78, 5) is 9.31. The van der Waals surface area contributed by atoms with Crippen LogP contribution in [0.4, 0.5) is 10.2 Å². The molecule has 0 saturated heterocycles. The fourth-order valence-electron chi connectivity index (χ4n) is 2.71. The second kappa shape index (κ2) is 5.57. The molecule has 1 aliphatic rings. The van der Waals surface area contributed by atoms with Gasteiger partial charge in [0.05, 0.1) is 0 Å². The number of fused-ring (bicyclic) bond motifs is 1. The van der Waals surface area contributed by atoms with Gasteiger partial charge in [0.1, 0.15) is 11.6 Å². The summed E-state index contributed by atoms with van der Waals surface area (Å²) >= 11 is 0. The van der Waals surface area contributed by atoms with E-state index in [0.717, 1.165) is 29.9 Å². The predicted molar refractivity (Wildman–Crippen MR) is 78.2 cm³/mol. The minimum Gasteiger partial charge on any atom is -0.373 e. The van der Waals surface area contributed by atoms with Gasteiger partial charge in [0.2, 0.25) is 0 Å². The number of hydrogen-bond acceptors (Lipinski definition) is 3. The lowest BCUT2D eigenvalue weighted by Crippen LogP contribution is -2.06. The molecule has 0 atom stereocenters. The topological polar surface area (TPSA) is 37.8 Å². The summed E-state index contributed by atoms with van der Waals surface area (Å²) in [5, 5.41) is 3.18. The second-order valence-corrected chi connectivity index (χ2v) is 5.14. The van der Waals surface area contributed by atoms with Crippen molar-refractivity contribution in [2.24, 2.45) is 0 Å². The number of anilines is 1. The Morgan fingerprint density at radius 3 is 2.50 bits per heavy atom. The summed E-state index contributed by atoms with van der Waals surface area (Å²) in [6.45, 7) is 0. The highest BCUT2D eigenvalue weighted by molar-refractivity contribution is 5.60. The van der Waals surface area contributed by atoms with E-state index in [1.165, 1.54) is 37.0 Å². The Morgan fingerprint density at radius 1 is 1.00 bits per heavy atom. The van der Waals surface area contributed by atoms with Crippen molar-refractivity contribution < 1.29 is 4.39 Å². The van der Waals surface area contributed by atoms with Crippen LogP contribution in [0.15, 0.2) is 24.3 Å². The molecule has 0 unspecified atom stereocenters. The van der Waals surface area contributed by atoms with Crippen LogP contribution in [0.2, 0.25) is 0 Å². The van der Waals surface area contributed by atoms with Crippen LogP contribution in [0, 0.1) is 5.82 Å². The van der Waals surface area contributed by atoms with Crippen LogP contribution in [0.5, 0.6) is 0 Å². The summed E-state index contributed by atoms with van der Waals surface area (Å²) in [6.07, 6.45) is 5.65. The van der Waals surface area contributed by atoms with Gasteiger partial charge in [-0.3, -0.25) is 0 Å². The molecule has 1 aliphatic carbocycles. The standard InChI is InChI=1S/C16H18FN3/c1-18-16-13-5-3-2-4-6-14(13)19-15(20-16)11-7-9-12(17)10-8-11/h7-10H,2-6H2,1H3,(H,18,19,20). The number of benzene rings is 1. The molecule has 0 fully saturated rings. The lowest BCUT2D eigenvalue weighted by molar-refractivity contribution is 0.628. The van der Waals surface area contributed by atoms with Gasteiger partial charge in [-0.2, -0.15) is 0 Å². The first-order valence-corrected chi connectivity index (χ1v) is 7.11. The first-order valence-electron chi connectivity index (χ1n) is 7.11. The molecule has 1 aromatic carbocycles. The van der Waals surface area contributed by atoms with Crippen molar-refractivity contribution in [1.29, 1.82) is 0 Å². The third-order valence-corrected chi connectivity index (χ3v) is 3.77. The minimum absolute atomic E-state index is 0.239. The van der Waals surface area contributed by atoms with E-state index in [2.05, 4.69) is 10.3 Å². The second-order valence-electron chi connectivity index (χ2n) is 5.14. The van der Waals surface area contributed by atoms with Gasteiger partial charge in [0.15, 0.2) is 5.82 Å². The van der Waals surface area contributed by atoms with Crippen LogP contribution in [0.3, 0.4) is 0 Å². The van der Waals surface area contributed by atoms with Gasteiger partial charge in [-0.15, -0.1) is 0 Å². The summed E-state index contributed by atoms with van der Waals surface area (Å²) in [5.74, 6) is 1.35. The fourth-order valence-corrected chi connectivity index (χ4v) is 2.71. The zero-order chi connectivity index (χ0) is 13.9. The third kappa shape index (κ3) is 2.50. The molecule has 104 valence electrons. The molecule has 0 aliphatic heterocycles. The Hall–Kier alpha value is -1.97. The Morgan fingerprint density at radius 2 is 1.75 bits per heavy atom. The van der Waals surface area contributed by atoms with Gasteiger partial charge < -0.3 is 5.32 Å². The molecule has 1 heterocycles. The maximum atomic E-state index is 13.0. The first kappa shape index (κ1) is 13.0. The van der Waals surface area contributed by atoms with E-state index in [-0.39, 0.29) is 5.82 Å². The van der Waals surface area contributed by atoms with E-state index in [1.54, 1.807) is 12.1 Å². The minimum atomic E-state index is -0.239. The molecule has 4 heteroatoms. The molecule has 2 aromatic rings. The molecular formula is C16H18FN3. The van der Waals surface area contributed by atoms with Crippen molar-refractivity contribution >= 4 is 5.82 Å². The highest BCUT2D eigenvalue weighted by Crippen LogP contribution is 2.27. The average molecular weight is 271 g/mol. The van der Waals surface area contributed by atoms with Crippen LogP contribution < -0.4 is 5.32 Å². The van der Waals surface area contributed by atoms with E-state index in [0.29, 0.717) is 5.82 Å². The number of rotatable bonds is 2. The summed E-state index contributed by atoms with van der Waals surface area (Å²) in [6, 6.07) is 6.35. The van der Waals surface area contributed by atoms with Gasteiger partial charge in [-0.25, -0.2) is 14.4 Å². The number of hydrogen-bond donors (Lipinski definition) is 1. The van der Waals surface area contributed by atoms with Gasteiger partial charge >= 0.3 is 0 Å². The summed E-state index contributed by atoms with van der Waals surface area (Å²) in [7, 11) is 1.89. The van der Waals surface area contributed by atoms with Gasteiger partial charge in [-0.05, 0) is 49.9 Å². The predicted octanol–water partition coefficient (Wildman–Crippen LogP) is 3.59. The lowest BCUT2D eigenvalue weighted by atomic mass is 10.1. The van der Waals surface area contributed by atoms with E-state index >= 15 is 0 Å². The van der Waals surface area contributed by atoms with Gasteiger partial charge in [0, 0.05) is 23.9 Å². The largest absolute Gasteiger partial charge is 0.373 e. The average Bonchev–Trinajstić information content (AvgIpc) is 2.72. The molecule has 0 saturated carbocycles. The molecule has 0 amide bonds. The summed E-state index contributed by atoms with van der Waals surface area (Å²) < 4.78 is 13.0. The highest BCUT2D eigenvalue weighted by atomic mass is 19.1. The number of aryl methyl sites for hydroxylation is 1. The Labute approximate surface area is 118 Å². The SMILES string of the molecule is CNc1nc(-c2ccc(F)cc2)nc2c1CCCCC2. The monoisotopic (exact) mass is 271 g/mol. The number of nitrogens with one attached hydrogen (secondary N) is 1. The Balaban J connectivity index is 2.08. The third-order valence-electron chi connectivity index (χ3n) is 3.77. The van der Waals surface area contributed by atoms with Crippen molar-refractivity contribution in [2.75, 3.05) is 12.4 Å². The van der Waals surface area contributed by atoms with Crippen LogP contribution in [0.25, 0.3) is 11.4 Å². The Bertz CT molecular complexity index is 608. The van der Waals surface area contributed by atoms with Crippen LogP contribution >= 0.6 is 0 Å². The van der Waals surface area contributed by atoms with Crippen molar-refractivity contribution in [1.82, 2.24) is 9.97 Å². The quantitative estimate of drug-likeness (QED) is 0.848. The zero-order valence-electron chi connectivity index (χ0n) is 11.6. The van der Waals surface area contributed by atoms with E-state index in [9.17, 15) is 4.39 Å². The Kier molecular flexibility index (Phi) is 3.63. The maximum absolute atomic E-state index is 13.0. The van der Waals surface area contributed by atoms with E-state index < -0.39 is 0 Å². The maximum Gasteiger partial charge on any atom is 0.161 e. The van der Waals surface area contributed by atoms with E-state index in [4.69, 9.17) is 4.98 Å². The van der Waals surface area contributed by atoms with E-state index in [1.807, 2.05) is 7.05 Å². The smallest absolute Gasteiger partial charge is 0.161 e. The number of nitrogens with zero attached hydrogens (tertiary/aromatic N) is 2. The number of aromatic nitrogens is 2. The molecule has 3 nitrogen and oxygen atoms in total. The van der Waals surface area contributed by atoms with Crippen LogP contribution in [-0.4, -0.2) is 17.0 Å². The molecule has 20 heavy (non-hydrogen) atoms. The van der Waals surface area contributed by atoms with Crippen LogP contribution in [-0.2, 0) is 12.8 Å². The first-order chi connectivity index (χ1) is 9.78. The molecule has 0 bridgehead atoms. The molecule has 1 aromatic heterocycles. The van der Waals surface area contributed by atoms with Crippen molar-refractivity contribution in [3.63, 3.8) is 0 Å². The lowest BCUT2D eigenvalue weighted by Gasteiger charge is -2.13. The molecular weight excluding hydrogens is 253 g/mol. The van der Waals surface area contributed by atoms with Crippen molar-refractivity contribution in [2.45, 2.75) is 32.1 Å². The van der Waals surface area contributed by atoms with Crippen LogP contribution in [0.1, 0.15) is 30.5 Å². The van der Waals surface area contributed by atoms with Gasteiger partial charge in [0.25, 0.3) is 0 Å². The van der Waals surface area contributed by atoms with Crippen molar-refractivity contribution in [3.05, 3.63) is 41.3 Å². The zero-order valence-corrected chi connectivity index (χ0v) is 11.6.